The summed E-state index contributed by atoms with van der Waals surface area (Å²) in [4.78, 5) is 7.08. The van der Waals surface area contributed by atoms with E-state index in [4.69, 9.17) is 4.74 Å². The predicted molar refractivity (Wildman–Crippen MR) is 97.1 cm³/mol. The van der Waals surface area contributed by atoms with Crippen molar-refractivity contribution >= 4 is 5.96 Å². The molecule has 2 N–H and O–H groups in total. The normalized spacial score (nSPS) is 22.3. The van der Waals surface area contributed by atoms with Gasteiger partial charge in [-0.2, -0.15) is 0 Å². The van der Waals surface area contributed by atoms with Gasteiger partial charge in [-0.25, -0.2) is 0 Å². The Morgan fingerprint density at radius 2 is 1.83 bits per heavy atom. The van der Waals surface area contributed by atoms with E-state index >= 15 is 0 Å². The molecule has 0 amide bonds. The Labute approximate surface area is 142 Å². The summed E-state index contributed by atoms with van der Waals surface area (Å²) in [5.41, 5.74) is 0.259. The van der Waals surface area contributed by atoms with Crippen molar-refractivity contribution in [3.8, 4) is 0 Å². The van der Waals surface area contributed by atoms with Crippen LogP contribution in [0.5, 0.6) is 0 Å². The van der Waals surface area contributed by atoms with Crippen molar-refractivity contribution in [3.05, 3.63) is 0 Å². The SMILES string of the molecule is CCCCCCNC(=NC)NCC1(N2CCCC2)CCOCC1. The first-order chi connectivity index (χ1) is 11.3. The van der Waals surface area contributed by atoms with E-state index in [2.05, 4.69) is 27.4 Å². The molecule has 0 bridgehead atoms. The quantitative estimate of drug-likeness (QED) is 0.409. The molecule has 0 aliphatic carbocycles. The number of likely N-dealkylation sites (tertiary alicyclic amines) is 1. The van der Waals surface area contributed by atoms with Crippen LogP contribution in [0.4, 0.5) is 0 Å². The van der Waals surface area contributed by atoms with Crippen LogP contribution in [0.15, 0.2) is 4.99 Å². The van der Waals surface area contributed by atoms with Gasteiger partial charge in [-0.05, 0) is 45.2 Å². The Balaban J connectivity index is 1.79. The highest BCUT2D eigenvalue weighted by Crippen LogP contribution is 2.30. The zero-order valence-corrected chi connectivity index (χ0v) is 15.2. The maximum atomic E-state index is 5.62. The van der Waals surface area contributed by atoms with Crippen LogP contribution in [0.1, 0.15) is 58.3 Å². The van der Waals surface area contributed by atoms with Gasteiger partial charge in [0.05, 0.1) is 0 Å². The molecule has 5 heteroatoms. The fourth-order valence-electron chi connectivity index (χ4n) is 3.78. The van der Waals surface area contributed by atoms with E-state index in [1.165, 1.54) is 51.6 Å². The van der Waals surface area contributed by atoms with Gasteiger partial charge in [-0.3, -0.25) is 9.89 Å². The zero-order valence-electron chi connectivity index (χ0n) is 15.2. The highest BCUT2D eigenvalue weighted by Gasteiger charge is 2.39. The van der Waals surface area contributed by atoms with Crippen molar-refractivity contribution in [3.63, 3.8) is 0 Å². The minimum atomic E-state index is 0.259. The lowest BCUT2D eigenvalue weighted by atomic mass is 9.88. The summed E-state index contributed by atoms with van der Waals surface area (Å²) in [6.45, 7) is 8.50. The standard InChI is InChI=1S/C18H36N4O/c1-3-4-5-6-11-20-17(19-2)21-16-18(9-14-23-15-10-18)22-12-7-8-13-22/h3-16H2,1-2H3,(H2,19,20,21). The number of rotatable bonds is 8. The van der Waals surface area contributed by atoms with Crippen LogP contribution < -0.4 is 10.6 Å². The molecule has 0 aromatic heterocycles. The second kappa shape index (κ2) is 10.1. The fraction of sp³-hybridized carbons (Fsp3) is 0.944. The van der Waals surface area contributed by atoms with Crippen molar-refractivity contribution in [2.45, 2.75) is 63.8 Å². The molecule has 0 atom stereocenters. The van der Waals surface area contributed by atoms with Gasteiger partial charge in [-0.1, -0.05) is 26.2 Å². The van der Waals surface area contributed by atoms with E-state index in [-0.39, 0.29) is 5.54 Å². The number of ether oxygens (including phenoxy) is 1. The lowest BCUT2D eigenvalue weighted by molar-refractivity contribution is -0.0164. The third kappa shape index (κ3) is 5.64. The summed E-state index contributed by atoms with van der Waals surface area (Å²) in [6, 6.07) is 0. The fourth-order valence-corrected chi connectivity index (χ4v) is 3.78. The van der Waals surface area contributed by atoms with Gasteiger partial charge in [0.15, 0.2) is 5.96 Å². The van der Waals surface area contributed by atoms with Crippen LogP contribution in [-0.2, 0) is 4.74 Å². The molecule has 2 fully saturated rings. The molecule has 0 aromatic rings. The first kappa shape index (κ1) is 18.5. The maximum absolute atomic E-state index is 5.62. The van der Waals surface area contributed by atoms with Crippen LogP contribution in [-0.4, -0.2) is 62.8 Å². The largest absolute Gasteiger partial charge is 0.381 e. The van der Waals surface area contributed by atoms with Crippen molar-refractivity contribution in [1.82, 2.24) is 15.5 Å². The number of hydrogen-bond donors (Lipinski definition) is 2. The third-order valence-electron chi connectivity index (χ3n) is 5.33. The maximum Gasteiger partial charge on any atom is 0.191 e. The molecule has 134 valence electrons. The number of aliphatic imine (C=N–C) groups is 1. The molecule has 2 saturated heterocycles. The van der Waals surface area contributed by atoms with Crippen molar-refractivity contribution < 1.29 is 4.74 Å². The summed E-state index contributed by atoms with van der Waals surface area (Å²) in [5.74, 6) is 0.951. The van der Waals surface area contributed by atoms with Crippen LogP contribution >= 0.6 is 0 Å². The molecule has 0 saturated carbocycles. The second-order valence-corrected chi connectivity index (χ2v) is 6.94. The number of nitrogens with zero attached hydrogens (tertiary/aromatic N) is 2. The smallest absolute Gasteiger partial charge is 0.191 e. The van der Waals surface area contributed by atoms with E-state index in [0.717, 1.165) is 45.1 Å². The molecule has 23 heavy (non-hydrogen) atoms. The van der Waals surface area contributed by atoms with Crippen molar-refractivity contribution in [1.29, 1.82) is 0 Å². The van der Waals surface area contributed by atoms with E-state index in [1.54, 1.807) is 0 Å². The Morgan fingerprint density at radius 3 is 2.48 bits per heavy atom. The summed E-state index contributed by atoms with van der Waals surface area (Å²) in [7, 11) is 1.87. The molecular formula is C18H36N4O. The Bertz CT molecular complexity index is 347. The molecule has 0 aromatic carbocycles. The average molecular weight is 325 g/mol. The van der Waals surface area contributed by atoms with Crippen LogP contribution in [0.2, 0.25) is 0 Å². The summed E-state index contributed by atoms with van der Waals surface area (Å²) >= 11 is 0. The van der Waals surface area contributed by atoms with Gasteiger partial charge in [0, 0.05) is 38.9 Å². The number of nitrogens with one attached hydrogen (secondary N) is 2. The minimum Gasteiger partial charge on any atom is -0.381 e. The molecule has 2 rings (SSSR count). The third-order valence-corrected chi connectivity index (χ3v) is 5.33. The van der Waals surface area contributed by atoms with E-state index in [9.17, 15) is 0 Å². The number of guanidine groups is 1. The Morgan fingerprint density at radius 1 is 1.09 bits per heavy atom. The second-order valence-electron chi connectivity index (χ2n) is 6.94. The van der Waals surface area contributed by atoms with Crippen LogP contribution in [0.25, 0.3) is 0 Å². The van der Waals surface area contributed by atoms with Crippen molar-refractivity contribution in [2.24, 2.45) is 4.99 Å². The Hall–Kier alpha value is -0.810. The molecule has 5 nitrogen and oxygen atoms in total. The molecule has 0 spiro atoms. The average Bonchev–Trinajstić information content (AvgIpc) is 3.13. The van der Waals surface area contributed by atoms with Gasteiger partial charge in [-0.15, -0.1) is 0 Å². The molecule has 0 radical (unpaired) electrons. The van der Waals surface area contributed by atoms with Gasteiger partial charge < -0.3 is 15.4 Å². The number of unbranched alkanes of at least 4 members (excludes halogenated alkanes) is 3. The molecule has 0 unspecified atom stereocenters. The van der Waals surface area contributed by atoms with Crippen LogP contribution in [0, 0.1) is 0 Å². The van der Waals surface area contributed by atoms with E-state index in [1.807, 2.05) is 7.05 Å². The molecule has 2 heterocycles. The highest BCUT2D eigenvalue weighted by atomic mass is 16.5. The topological polar surface area (TPSA) is 48.9 Å². The lowest BCUT2D eigenvalue weighted by Crippen LogP contribution is -2.58. The lowest BCUT2D eigenvalue weighted by Gasteiger charge is -2.45. The summed E-state index contributed by atoms with van der Waals surface area (Å²) in [5, 5.41) is 7.05. The monoisotopic (exact) mass is 324 g/mol. The van der Waals surface area contributed by atoms with E-state index in [0.29, 0.717) is 0 Å². The number of hydrogen-bond acceptors (Lipinski definition) is 3. The van der Waals surface area contributed by atoms with Crippen molar-refractivity contribution in [2.75, 3.05) is 46.4 Å². The first-order valence-corrected chi connectivity index (χ1v) is 9.58. The summed E-state index contributed by atoms with van der Waals surface area (Å²) < 4.78 is 5.62. The first-order valence-electron chi connectivity index (χ1n) is 9.58. The summed E-state index contributed by atoms with van der Waals surface area (Å²) in [6.07, 6.45) is 10.1. The van der Waals surface area contributed by atoms with E-state index < -0.39 is 0 Å². The molecular weight excluding hydrogens is 288 g/mol. The van der Waals surface area contributed by atoms with Gasteiger partial charge in [0.2, 0.25) is 0 Å². The van der Waals surface area contributed by atoms with Gasteiger partial charge in [0.1, 0.15) is 0 Å². The van der Waals surface area contributed by atoms with Gasteiger partial charge >= 0.3 is 0 Å². The molecule has 2 aliphatic rings. The molecule has 2 aliphatic heterocycles. The minimum absolute atomic E-state index is 0.259. The van der Waals surface area contributed by atoms with Gasteiger partial charge in [0.25, 0.3) is 0 Å². The Kier molecular flexibility index (Phi) is 8.17. The highest BCUT2D eigenvalue weighted by molar-refractivity contribution is 5.79. The predicted octanol–water partition coefficient (Wildman–Crippen LogP) is 2.38. The zero-order chi connectivity index (χ0) is 16.4. The van der Waals surface area contributed by atoms with Crippen LogP contribution in [0.3, 0.4) is 0 Å².